The standard InChI is InChI=1S/C10H9ClN4OS/c1-5-6(12)4-7(17-5)9(16)15-10-13-3-2-8(11)14-10/h2-4H,12H2,1H3,(H,13,14,15,16). The number of hydrogen-bond acceptors (Lipinski definition) is 5. The van der Waals surface area contributed by atoms with Gasteiger partial charge in [-0.25, -0.2) is 9.97 Å². The summed E-state index contributed by atoms with van der Waals surface area (Å²) in [6, 6.07) is 3.16. The monoisotopic (exact) mass is 268 g/mol. The number of aryl methyl sites for hydroxylation is 1. The molecule has 0 atom stereocenters. The van der Waals surface area contributed by atoms with E-state index in [2.05, 4.69) is 15.3 Å². The summed E-state index contributed by atoms with van der Waals surface area (Å²) in [5.74, 6) is -0.121. The second kappa shape index (κ2) is 4.68. The van der Waals surface area contributed by atoms with Crippen LogP contribution in [0.5, 0.6) is 0 Å². The predicted molar refractivity (Wildman–Crippen MR) is 68.5 cm³/mol. The number of rotatable bonds is 2. The largest absolute Gasteiger partial charge is 0.398 e. The van der Waals surface area contributed by atoms with Crippen molar-refractivity contribution in [2.45, 2.75) is 6.92 Å². The first-order chi connectivity index (χ1) is 8.06. The zero-order chi connectivity index (χ0) is 12.4. The van der Waals surface area contributed by atoms with E-state index in [0.717, 1.165) is 4.88 Å². The summed E-state index contributed by atoms with van der Waals surface area (Å²) < 4.78 is 0. The van der Waals surface area contributed by atoms with E-state index in [1.54, 1.807) is 6.07 Å². The first-order valence-electron chi connectivity index (χ1n) is 4.72. The van der Waals surface area contributed by atoms with Crippen molar-refractivity contribution in [3.63, 3.8) is 0 Å². The molecule has 0 aliphatic heterocycles. The maximum Gasteiger partial charge on any atom is 0.268 e. The number of carbonyl (C=O) groups excluding carboxylic acids is 1. The Balaban J connectivity index is 2.17. The molecule has 0 saturated carbocycles. The minimum Gasteiger partial charge on any atom is -0.398 e. The molecule has 0 spiro atoms. The summed E-state index contributed by atoms with van der Waals surface area (Å²) in [7, 11) is 0. The van der Waals surface area contributed by atoms with Crippen molar-refractivity contribution in [1.82, 2.24) is 9.97 Å². The fourth-order valence-electron chi connectivity index (χ4n) is 1.17. The molecule has 0 fully saturated rings. The van der Waals surface area contributed by atoms with Gasteiger partial charge in [0.05, 0.1) is 4.88 Å². The summed E-state index contributed by atoms with van der Waals surface area (Å²) in [6.45, 7) is 1.85. The SMILES string of the molecule is Cc1sc(C(=O)Nc2nccc(Cl)n2)cc1N. The van der Waals surface area contributed by atoms with Gasteiger partial charge in [-0.1, -0.05) is 11.6 Å². The summed E-state index contributed by atoms with van der Waals surface area (Å²) in [6.07, 6.45) is 1.47. The Hall–Kier alpha value is -1.66. The Bertz CT molecular complexity index is 550. The van der Waals surface area contributed by atoms with E-state index in [4.69, 9.17) is 17.3 Å². The van der Waals surface area contributed by atoms with Gasteiger partial charge in [0.25, 0.3) is 5.91 Å². The molecular weight excluding hydrogens is 260 g/mol. The van der Waals surface area contributed by atoms with Crippen molar-refractivity contribution < 1.29 is 4.79 Å². The van der Waals surface area contributed by atoms with E-state index < -0.39 is 0 Å². The number of thiophene rings is 1. The van der Waals surface area contributed by atoms with Crippen molar-refractivity contribution in [3.05, 3.63) is 33.2 Å². The topological polar surface area (TPSA) is 80.9 Å². The van der Waals surface area contributed by atoms with Crippen molar-refractivity contribution in [3.8, 4) is 0 Å². The average molecular weight is 269 g/mol. The Labute approximate surface area is 107 Å². The Morgan fingerprint density at radius 2 is 2.35 bits per heavy atom. The highest BCUT2D eigenvalue weighted by Gasteiger charge is 2.12. The maximum atomic E-state index is 11.8. The van der Waals surface area contributed by atoms with Gasteiger partial charge in [0, 0.05) is 16.8 Å². The van der Waals surface area contributed by atoms with Crippen molar-refractivity contribution >= 4 is 40.5 Å². The molecule has 0 aliphatic carbocycles. The van der Waals surface area contributed by atoms with E-state index in [-0.39, 0.29) is 17.0 Å². The number of nitrogen functional groups attached to an aromatic ring is 1. The van der Waals surface area contributed by atoms with Crippen LogP contribution < -0.4 is 11.1 Å². The highest BCUT2D eigenvalue weighted by Crippen LogP contribution is 2.23. The molecule has 2 rings (SSSR count). The quantitative estimate of drug-likeness (QED) is 0.819. The lowest BCUT2D eigenvalue weighted by Gasteiger charge is -2.00. The first-order valence-corrected chi connectivity index (χ1v) is 5.91. The van der Waals surface area contributed by atoms with Crippen LogP contribution in [0.4, 0.5) is 11.6 Å². The highest BCUT2D eigenvalue weighted by atomic mass is 35.5. The molecule has 5 nitrogen and oxygen atoms in total. The molecule has 0 saturated heterocycles. The smallest absolute Gasteiger partial charge is 0.268 e. The lowest BCUT2D eigenvalue weighted by molar-refractivity contribution is 0.102. The fraction of sp³-hybridized carbons (Fsp3) is 0.100. The normalized spacial score (nSPS) is 10.2. The maximum absolute atomic E-state index is 11.8. The summed E-state index contributed by atoms with van der Waals surface area (Å²) in [4.78, 5) is 21.0. The van der Waals surface area contributed by atoms with Crippen molar-refractivity contribution in [2.75, 3.05) is 11.1 Å². The van der Waals surface area contributed by atoms with Gasteiger partial charge in [-0.2, -0.15) is 0 Å². The van der Waals surface area contributed by atoms with E-state index in [9.17, 15) is 4.79 Å². The zero-order valence-electron chi connectivity index (χ0n) is 8.90. The lowest BCUT2D eigenvalue weighted by atomic mass is 10.3. The van der Waals surface area contributed by atoms with Gasteiger partial charge in [0.15, 0.2) is 0 Å². The van der Waals surface area contributed by atoms with Gasteiger partial charge < -0.3 is 5.73 Å². The van der Waals surface area contributed by atoms with Gasteiger partial charge in [-0.3, -0.25) is 10.1 Å². The van der Waals surface area contributed by atoms with E-state index in [1.165, 1.54) is 23.6 Å². The van der Waals surface area contributed by atoms with Gasteiger partial charge in [0.2, 0.25) is 5.95 Å². The molecule has 88 valence electrons. The molecule has 7 heteroatoms. The first kappa shape index (κ1) is 11.8. The van der Waals surface area contributed by atoms with Gasteiger partial charge in [0.1, 0.15) is 5.15 Å². The number of amides is 1. The van der Waals surface area contributed by atoms with Crippen LogP contribution in [0, 0.1) is 6.92 Å². The number of halogens is 1. The molecule has 2 heterocycles. The van der Waals surface area contributed by atoms with Crippen LogP contribution in [0.1, 0.15) is 14.5 Å². The molecule has 0 aliphatic rings. The third kappa shape index (κ3) is 2.72. The van der Waals surface area contributed by atoms with Crippen molar-refractivity contribution in [1.29, 1.82) is 0 Å². The number of aromatic nitrogens is 2. The van der Waals surface area contributed by atoms with Crippen LogP contribution in [0.2, 0.25) is 5.15 Å². The summed E-state index contributed by atoms with van der Waals surface area (Å²) in [5, 5.41) is 2.82. The van der Waals surface area contributed by atoms with Crippen LogP contribution in [0.3, 0.4) is 0 Å². The van der Waals surface area contributed by atoms with E-state index in [0.29, 0.717) is 10.6 Å². The van der Waals surface area contributed by atoms with Gasteiger partial charge in [-0.05, 0) is 19.1 Å². The minimum atomic E-state index is -0.294. The summed E-state index contributed by atoms with van der Waals surface area (Å²) in [5.41, 5.74) is 6.28. The number of hydrogen-bond donors (Lipinski definition) is 2. The predicted octanol–water partition coefficient (Wildman–Crippen LogP) is 2.33. The van der Waals surface area contributed by atoms with Crippen LogP contribution in [0.15, 0.2) is 18.3 Å². The average Bonchev–Trinajstić information content (AvgIpc) is 2.59. The molecule has 3 N–H and O–H groups in total. The van der Waals surface area contributed by atoms with Crippen LogP contribution in [0.25, 0.3) is 0 Å². The second-order valence-corrected chi connectivity index (χ2v) is 4.92. The molecule has 2 aromatic rings. The van der Waals surface area contributed by atoms with E-state index >= 15 is 0 Å². The molecule has 1 amide bonds. The number of nitrogens with one attached hydrogen (secondary N) is 1. The second-order valence-electron chi connectivity index (χ2n) is 3.28. The molecular formula is C10H9ClN4OS. The highest BCUT2D eigenvalue weighted by molar-refractivity contribution is 7.14. The number of anilines is 2. The number of nitrogens with zero attached hydrogens (tertiary/aromatic N) is 2. The molecule has 0 unspecified atom stereocenters. The number of carbonyl (C=O) groups is 1. The van der Waals surface area contributed by atoms with Crippen LogP contribution in [-0.2, 0) is 0 Å². The Morgan fingerprint density at radius 3 is 2.94 bits per heavy atom. The zero-order valence-corrected chi connectivity index (χ0v) is 10.5. The molecule has 2 aromatic heterocycles. The van der Waals surface area contributed by atoms with E-state index in [1.807, 2.05) is 6.92 Å². The molecule has 0 radical (unpaired) electrons. The lowest BCUT2D eigenvalue weighted by Crippen LogP contribution is -2.12. The van der Waals surface area contributed by atoms with Gasteiger partial charge in [-0.15, -0.1) is 11.3 Å². The Kier molecular flexibility index (Phi) is 3.26. The summed E-state index contributed by atoms with van der Waals surface area (Å²) >= 11 is 7.00. The van der Waals surface area contributed by atoms with Gasteiger partial charge >= 0.3 is 0 Å². The van der Waals surface area contributed by atoms with Crippen LogP contribution >= 0.6 is 22.9 Å². The Morgan fingerprint density at radius 1 is 1.59 bits per heavy atom. The third-order valence-electron chi connectivity index (χ3n) is 2.03. The van der Waals surface area contributed by atoms with Crippen molar-refractivity contribution in [2.24, 2.45) is 0 Å². The fourth-order valence-corrected chi connectivity index (χ4v) is 2.14. The molecule has 17 heavy (non-hydrogen) atoms. The van der Waals surface area contributed by atoms with Crippen LogP contribution in [-0.4, -0.2) is 15.9 Å². The number of nitrogens with two attached hydrogens (primary N) is 1. The molecule has 0 aromatic carbocycles. The molecule has 0 bridgehead atoms. The minimum absolute atomic E-state index is 0.173. The third-order valence-corrected chi connectivity index (χ3v) is 3.30.